The van der Waals surface area contributed by atoms with Crippen LogP contribution in [0.15, 0.2) is 0 Å². The van der Waals surface area contributed by atoms with Crippen LogP contribution in [0.1, 0.15) is 33.1 Å². The first-order valence-electron chi connectivity index (χ1n) is 5.50. The van der Waals surface area contributed by atoms with Gasteiger partial charge in [-0.1, -0.05) is 6.42 Å². The first-order valence-corrected chi connectivity index (χ1v) is 6.94. The molecule has 0 aromatic carbocycles. The predicted octanol–water partition coefficient (Wildman–Crippen LogP) is 0.425. The van der Waals surface area contributed by atoms with Crippen molar-refractivity contribution in [1.29, 1.82) is 0 Å². The topological polar surface area (TPSA) is 78.5 Å². The second kappa shape index (κ2) is 5.49. The average molecular weight is 249 g/mol. The third kappa shape index (κ3) is 3.97. The van der Waals surface area contributed by atoms with E-state index in [0.29, 0.717) is 13.1 Å². The van der Waals surface area contributed by atoms with Gasteiger partial charge in [-0.15, -0.1) is 0 Å². The second-order valence-electron chi connectivity index (χ2n) is 4.19. The van der Waals surface area contributed by atoms with Crippen LogP contribution in [0.2, 0.25) is 0 Å². The first-order chi connectivity index (χ1) is 7.42. The molecule has 2 N–H and O–H groups in total. The molecule has 0 spiro atoms. The first kappa shape index (κ1) is 13.2. The molecule has 16 heavy (non-hydrogen) atoms. The van der Waals surface area contributed by atoms with Gasteiger partial charge in [0.2, 0.25) is 0 Å². The summed E-state index contributed by atoms with van der Waals surface area (Å²) in [7, 11) is -3.66. The number of hydrogen-bond acceptors (Lipinski definition) is 3. The maximum atomic E-state index is 11.7. The minimum atomic E-state index is -3.66. The van der Waals surface area contributed by atoms with E-state index in [1.54, 1.807) is 13.8 Å². The molecule has 0 bridgehead atoms. The van der Waals surface area contributed by atoms with Crippen molar-refractivity contribution in [2.24, 2.45) is 0 Å². The number of rotatable bonds is 3. The SMILES string of the molecule is CC(C)NC(=O)NS(=O)(=O)N1CCCCC1. The Bertz CT molecular complexity index is 334. The van der Waals surface area contributed by atoms with Crippen molar-refractivity contribution in [1.82, 2.24) is 14.3 Å². The number of carbonyl (C=O) groups excluding carboxylic acids is 1. The highest BCUT2D eigenvalue weighted by molar-refractivity contribution is 7.87. The third-order valence-electron chi connectivity index (χ3n) is 2.30. The molecule has 0 unspecified atom stereocenters. The zero-order valence-electron chi connectivity index (χ0n) is 9.69. The van der Waals surface area contributed by atoms with Crippen LogP contribution in [0.25, 0.3) is 0 Å². The van der Waals surface area contributed by atoms with Crippen molar-refractivity contribution in [3.8, 4) is 0 Å². The van der Waals surface area contributed by atoms with Gasteiger partial charge in [0.15, 0.2) is 0 Å². The number of amides is 2. The Morgan fingerprint density at radius 3 is 2.25 bits per heavy atom. The number of nitrogens with one attached hydrogen (secondary N) is 2. The van der Waals surface area contributed by atoms with Crippen molar-refractivity contribution >= 4 is 16.2 Å². The highest BCUT2D eigenvalue weighted by Gasteiger charge is 2.25. The van der Waals surface area contributed by atoms with E-state index in [4.69, 9.17) is 0 Å². The van der Waals surface area contributed by atoms with Gasteiger partial charge in [0.1, 0.15) is 0 Å². The second-order valence-corrected chi connectivity index (χ2v) is 5.87. The number of piperidine rings is 1. The van der Waals surface area contributed by atoms with Crippen molar-refractivity contribution in [2.75, 3.05) is 13.1 Å². The molecule has 7 heteroatoms. The molecular weight excluding hydrogens is 230 g/mol. The molecule has 0 aromatic heterocycles. The summed E-state index contributed by atoms with van der Waals surface area (Å²) < 4.78 is 26.8. The molecule has 0 atom stereocenters. The van der Waals surface area contributed by atoms with Crippen LogP contribution in [0, 0.1) is 0 Å². The molecule has 2 amide bonds. The van der Waals surface area contributed by atoms with E-state index in [9.17, 15) is 13.2 Å². The van der Waals surface area contributed by atoms with Gasteiger partial charge in [-0.3, -0.25) is 0 Å². The lowest BCUT2D eigenvalue weighted by molar-refractivity contribution is 0.242. The Morgan fingerprint density at radius 1 is 1.19 bits per heavy atom. The molecule has 0 radical (unpaired) electrons. The van der Waals surface area contributed by atoms with Crippen LogP contribution in [-0.4, -0.2) is 37.9 Å². The largest absolute Gasteiger partial charge is 0.335 e. The smallest absolute Gasteiger partial charge is 0.329 e. The minimum Gasteiger partial charge on any atom is -0.335 e. The average Bonchev–Trinajstić information content (AvgIpc) is 2.16. The molecule has 1 aliphatic heterocycles. The molecular formula is C9H19N3O3S. The summed E-state index contributed by atoms with van der Waals surface area (Å²) >= 11 is 0. The quantitative estimate of drug-likeness (QED) is 0.761. The Labute approximate surface area is 96.6 Å². The monoisotopic (exact) mass is 249 g/mol. The van der Waals surface area contributed by atoms with Gasteiger partial charge in [-0.05, 0) is 26.7 Å². The fourth-order valence-corrected chi connectivity index (χ4v) is 2.74. The Hall–Kier alpha value is -0.820. The van der Waals surface area contributed by atoms with E-state index in [1.165, 1.54) is 4.31 Å². The molecule has 0 aliphatic carbocycles. The van der Waals surface area contributed by atoms with Gasteiger partial charge in [0.05, 0.1) is 0 Å². The lowest BCUT2D eigenvalue weighted by Crippen LogP contribution is -2.50. The summed E-state index contributed by atoms with van der Waals surface area (Å²) in [6.07, 6.45) is 2.75. The Kier molecular flexibility index (Phi) is 4.55. The zero-order chi connectivity index (χ0) is 12.2. The number of hydrogen-bond donors (Lipinski definition) is 2. The van der Waals surface area contributed by atoms with Crippen LogP contribution < -0.4 is 10.0 Å². The van der Waals surface area contributed by atoms with Crippen molar-refractivity contribution in [3.05, 3.63) is 0 Å². The maximum Gasteiger partial charge on any atom is 0.329 e. The van der Waals surface area contributed by atoms with Gasteiger partial charge in [-0.25, -0.2) is 9.52 Å². The van der Waals surface area contributed by atoms with E-state index in [-0.39, 0.29) is 6.04 Å². The number of urea groups is 1. The van der Waals surface area contributed by atoms with Gasteiger partial charge in [-0.2, -0.15) is 12.7 Å². The van der Waals surface area contributed by atoms with Crippen LogP contribution >= 0.6 is 0 Å². The molecule has 0 saturated carbocycles. The van der Waals surface area contributed by atoms with E-state index >= 15 is 0 Å². The van der Waals surface area contributed by atoms with E-state index in [2.05, 4.69) is 5.32 Å². The molecule has 94 valence electrons. The lowest BCUT2D eigenvalue weighted by Gasteiger charge is -2.25. The van der Waals surface area contributed by atoms with E-state index in [0.717, 1.165) is 19.3 Å². The standard InChI is InChI=1S/C9H19N3O3S/c1-8(2)10-9(13)11-16(14,15)12-6-4-3-5-7-12/h8H,3-7H2,1-2H3,(H2,10,11,13). The molecule has 1 fully saturated rings. The summed E-state index contributed by atoms with van der Waals surface area (Å²) in [4.78, 5) is 11.3. The zero-order valence-corrected chi connectivity index (χ0v) is 10.5. The van der Waals surface area contributed by atoms with Crippen molar-refractivity contribution in [3.63, 3.8) is 0 Å². The number of nitrogens with zero attached hydrogens (tertiary/aromatic N) is 1. The summed E-state index contributed by atoms with van der Waals surface area (Å²) in [5, 5.41) is 2.48. The Morgan fingerprint density at radius 2 is 1.75 bits per heavy atom. The van der Waals surface area contributed by atoms with E-state index in [1.807, 2.05) is 4.72 Å². The van der Waals surface area contributed by atoms with Gasteiger partial charge >= 0.3 is 16.2 Å². The molecule has 6 nitrogen and oxygen atoms in total. The summed E-state index contributed by atoms with van der Waals surface area (Å²) in [5.41, 5.74) is 0. The van der Waals surface area contributed by atoms with Gasteiger partial charge in [0.25, 0.3) is 0 Å². The summed E-state index contributed by atoms with van der Waals surface area (Å²) in [5.74, 6) is 0. The minimum absolute atomic E-state index is 0.0865. The normalized spacial score (nSPS) is 18.4. The lowest BCUT2D eigenvalue weighted by atomic mass is 10.2. The number of carbonyl (C=O) groups is 1. The summed E-state index contributed by atoms with van der Waals surface area (Å²) in [6, 6.07) is -0.753. The van der Waals surface area contributed by atoms with Crippen LogP contribution in [0.5, 0.6) is 0 Å². The molecule has 0 aromatic rings. The maximum absolute atomic E-state index is 11.7. The van der Waals surface area contributed by atoms with Crippen LogP contribution in [0.4, 0.5) is 4.79 Å². The molecule has 1 rings (SSSR count). The molecule has 1 heterocycles. The van der Waals surface area contributed by atoms with Crippen LogP contribution in [-0.2, 0) is 10.2 Å². The van der Waals surface area contributed by atoms with Crippen LogP contribution in [0.3, 0.4) is 0 Å². The Balaban J connectivity index is 2.53. The van der Waals surface area contributed by atoms with E-state index < -0.39 is 16.2 Å². The molecule has 1 saturated heterocycles. The predicted molar refractivity (Wildman–Crippen MR) is 61.1 cm³/mol. The fourth-order valence-electron chi connectivity index (χ4n) is 1.58. The highest BCUT2D eigenvalue weighted by Crippen LogP contribution is 2.11. The summed E-state index contributed by atoms with van der Waals surface area (Å²) in [6.45, 7) is 4.52. The fraction of sp³-hybridized carbons (Fsp3) is 0.889. The van der Waals surface area contributed by atoms with Gasteiger partial charge in [0, 0.05) is 19.1 Å². The van der Waals surface area contributed by atoms with Gasteiger partial charge < -0.3 is 5.32 Å². The van der Waals surface area contributed by atoms with Crippen molar-refractivity contribution in [2.45, 2.75) is 39.2 Å². The third-order valence-corrected chi connectivity index (χ3v) is 3.78. The van der Waals surface area contributed by atoms with Crippen molar-refractivity contribution < 1.29 is 13.2 Å². The highest BCUT2D eigenvalue weighted by atomic mass is 32.2. The molecule has 1 aliphatic rings.